The van der Waals surface area contributed by atoms with Crippen molar-refractivity contribution in [2.75, 3.05) is 31.2 Å². The number of nitrogens with zero attached hydrogens (tertiary/aromatic N) is 2. The van der Waals surface area contributed by atoms with Gasteiger partial charge in [-0.2, -0.15) is 0 Å². The monoisotopic (exact) mass is 254 g/mol. The predicted octanol–water partition coefficient (Wildman–Crippen LogP) is 2.31. The van der Waals surface area contributed by atoms with Gasteiger partial charge in [-0.15, -0.1) is 0 Å². The van der Waals surface area contributed by atoms with Crippen molar-refractivity contribution in [2.24, 2.45) is 0 Å². The van der Waals surface area contributed by atoms with E-state index in [1.807, 2.05) is 0 Å². The molecule has 1 fully saturated rings. The lowest BCUT2D eigenvalue weighted by Gasteiger charge is -2.26. The molecular weight excluding hydrogens is 236 g/mol. The summed E-state index contributed by atoms with van der Waals surface area (Å²) in [7, 11) is 0. The molecule has 0 aliphatic carbocycles. The maximum Gasteiger partial charge on any atom is 0.186 e. The van der Waals surface area contributed by atoms with Crippen molar-refractivity contribution in [3.63, 3.8) is 0 Å². The molecule has 1 saturated heterocycles. The van der Waals surface area contributed by atoms with E-state index in [-0.39, 0.29) is 5.78 Å². The van der Waals surface area contributed by atoms with E-state index < -0.39 is 0 Å². The third kappa shape index (κ3) is 2.66. The number of carbonyl (C=O) groups is 1. The SMILES string of the molecule is CC(=O)c1sc(N2CCOCC2)nc1C(C)C. The lowest BCUT2D eigenvalue weighted by Crippen LogP contribution is -2.36. The first-order valence-corrected chi connectivity index (χ1v) is 6.75. The fourth-order valence-corrected chi connectivity index (χ4v) is 3.02. The first-order chi connectivity index (χ1) is 8.09. The van der Waals surface area contributed by atoms with Crippen molar-refractivity contribution in [1.82, 2.24) is 4.98 Å². The maximum atomic E-state index is 11.6. The van der Waals surface area contributed by atoms with Crippen LogP contribution in [0.4, 0.5) is 5.13 Å². The molecule has 0 N–H and O–H groups in total. The Hall–Kier alpha value is -0.940. The molecule has 0 saturated carbocycles. The van der Waals surface area contributed by atoms with Crippen LogP contribution in [0.3, 0.4) is 0 Å². The summed E-state index contributed by atoms with van der Waals surface area (Å²) in [6, 6.07) is 0. The van der Waals surface area contributed by atoms with Crippen LogP contribution in [0.2, 0.25) is 0 Å². The highest BCUT2D eigenvalue weighted by Gasteiger charge is 2.21. The molecule has 0 spiro atoms. The van der Waals surface area contributed by atoms with E-state index >= 15 is 0 Å². The van der Waals surface area contributed by atoms with E-state index in [0.29, 0.717) is 5.92 Å². The Morgan fingerprint density at radius 1 is 1.41 bits per heavy atom. The van der Waals surface area contributed by atoms with Gasteiger partial charge in [0.15, 0.2) is 10.9 Å². The van der Waals surface area contributed by atoms with Crippen molar-refractivity contribution in [3.8, 4) is 0 Å². The molecule has 94 valence electrons. The average molecular weight is 254 g/mol. The minimum Gasteiger partial charge on any atom is -0.378 e. The minimum absolute atomic E-state index is 0.116. The molecule has 0 radical (unpaired) electrons. The zero-order chi connectivity index (χ0) is 12.4. The van der Waals surface area contributed by atoms with E-state index in [0.717, 1.165) is 42.0 Å². The van der Waals surface area contributed by atoms with Crippen LogP contribution < -0.4 is 4.90 Å². The van der Waals surface area contributed by atoms with Gasteiger partial charge in [0, 0.05) is 20.0 Å². The van der Waals surface area contributed by atoms with Crippen LogP contribution in [0, 0.1) is 0 Å². The van der Waals surface area contributed by atoms with Gasteiger partial charge in [0.25, 0.3) is 0 Å². The van der Waals surface area contributed by atoms with Crippen molar-refractivity contribution >= 4 is 22.3 Å². The third-order valence-electron chi connectivity index (χ3n) is 2.79. The second kappa shape index (κ2) is 5.14. The van der Waals surface area contributed by atoms with Gasteiger partial charge in [-0.05, 0) is 5.92 Å². The summed E-state index contributed by atoms with van der Waals surface area (Å²) in [5.74, 6) is 0.408. The normalized spacial score (nSPS) is 16.6. The number of carbonyl (C=O) groups excluding carboxylic acids is 1. The molecule has 0 bridgehead atoms. The summed E-state index contributed by atoms with van der Waals surface area (Å²) in [6.45, 7) is 8.97. The first kappa shape index (κ1) is 12.5. The number of thiazole rings is 1. The van der Waals surface area contributed by atoms with Gasteiger partial charge < -0.3 is 9.64 Å². The summed E-state index contributed by atoms with van der Waals surface area (Å²) in [6.07, 6.45) is 0. The Morgan fingerprint density at radius 3 is 2.53 bits per heavy atom. The maximum absolute atomic E-state index is 11.6. The first-order valence-electron chi connectivity index (χ1n) is 5.94. The van der Waals surface area contributed by atoms with E-state index in [4.69, 9.17) is 4.74 Å². The summed E-state index contributed by atoms with van der Waals surface area (Å²) >= 11 is 1.51. The van der Waals surface area contributed by atoms with Crippen molar-refractivity contribution in [1.29, 1.82) is 0 Å². The number of Topliss-reactive ketones (excluding diaryl/α,β-unsaturated/α-hetero) is 1. The zero-order valence-electron chi connectivity index (χ0n) is 10.5. The highest BCUT2D eigenvalue weighted by molar-refractivity contribution is 7.17. The van der Waals surface area contributed by atoms with Crippen molar-refractivity contribution < 1.29 is 9.53 Å². The number of morpholine rings is 1. The Labute approximate surface area is 106 Å². The van der Waals surface area contributed by atoms with Crippen molar-refractivity contribution in [3.05, 3.63) is 10.6 Å². The van der Waals surface area contributed by atoms with Crippen LogP contribution >= 0.6 is 11.3 Å². The molecule has 1 aliphatic rings. The Bertz CT molecular complexity index is 409. The number of ether oxygens (including phenoxy) is 1. The van der Waals surface area contributed by atoms with Gasteiger partial charge >= 0.3 is 0 Å². The molecule has 1 aromatic heterocycles. The summed E-state index contributed by atoms with van der Waals surface area (Å²) in [5, 5.41) is 0.960. The largest absolute Gasteiger partial charge is 0.378 e. The van der Waals surface area contributed by atoms with Gasteiger partial charge in [-0.1, -0.05) is 25.2 Å². The fourth-order valence-electron chi connectivity index (χ4n) is 1.85. The number of hydrogen-bond acceptors (Lipinski definition) is 5. The van der Waals surface area contributed by atoms with E-state index in [9.17, 15) is 4.79 Å². The molecule has 2 heterocycles. The molecule has 0 amide bonds. The molecule has 1 aliphatic heterocycles. The van der Waals surface area contributed by atoms with Crippen LogP contribution in [0.25, 0.3) is 0 Å². The number of hydrogen-bond donors (Lipinski definition) is 0. The van der Waals surface area contributed by atoms with Crippen LogP contribution in [0.15, 0.2) is 0 Å². The van der Waals surface area contributed by atoms with Gasteiger partial charge in [-0.3, -0.25) is 4.79 Å². The quantitative estimate of drug-likeness (QED) is 0.776. The number of rotatable bonds is 3. The highest BCUT2D eigenvalue weighted by Crippen LogP contribution is 2.31. The summed E-state index contributed by atoms with van der Waals surface area (Å²) in [5.41, 5.74) is 0.934. The molecule has 5 heteroatoms. The lowest BCUT2D eigenvalue weighted by molar-refractivity contribution is 0.102. The Balaban J connectivity index is 2.29. The van der Waals surface area contributed by atoms with Gasteiger partial charge in [-0.25, -0.2) is 4.98 Å². The lowest BCUT2D eigenvalue weighted by atomic mass is 10.1. The van der Waals surface area contributed by atoms with Crippen LogP contribution in [0.5, 0.6) is 0 Å². The number of anilines is 1. The van der Waals surface area contributed by atoms with Crippen LogP contribution in [-0.2, 0) is 4.74 Å². The molecule has 2 rings (SSSR count). The molecule has 4 nitrogen and oxygen atoms in total. The number of aromatic nitrogens is 1. The molecule has 17 heavy (non-hydrogen) atoms. The average Bonchev–Trinajstić information content (AvgIpc) is 2.75. The topological polar surface area (TPSA) is 42.4 Å². The van der Waals surface area contributed by atoms with E-state index in [1.165, 1.54) is 11.3 Å². The summed E-state index contributed by atoms with van der Waals surface area (Å²) < 4.78 is 5.32. The smallest absolute Gasteiger partial charge is 0.186 e. The highest BCUT2D eigenvalue weighted by atomic mass is 32.1. The molecule has 1 aromatic rings. The van der Waals surface area contributed by atoms with E-state index in [1.54, 1.807) is 6.92 Å². The van der Waals surface area contributed by atoms with Crippen molar-refractivity contribution in [2.45, 2.75) is 26.7 Å². The summed E-state index contributed by atoms with van der Waals surface area (Å²) in [4.78, 5) is 19.2. The Kier molecular flexibility index (Phi) is 3.79. The van der Waals surface area contributed by atoms with Gasteiger partial charge in [0.2, 0.25) is 0 Å². The second-order valence-corrected chi connectivity index (χ2v) is 5.50. The van der Waals surface area contributed by atoms with Crippen LogP contribution in [0.1, 0.15) is 42.1 Å². The van der Waals surface area contributed by atoms with Gasteiger partial charge in [0.1, 0.15) is 0 Å². The molecule has 0 aromatic carbocycles. The molecule has 0 atom stereocenters. The Morgan fingerprint density at radius 2 is 2.06 bits per heavy atom. The third-order valence-corrected chi connectivity index (χ3v) is 4.02. The second-order valence-electron chi connectivity index (χ2n) is 4.52. The van der Waals surface area contributed by atoms with Gasteiger partial charge in [0.05, 0.1) is 23.8 Å². The molecule has 0 unspecified atom stereocenters. The fraction of sp³-hybridized carbons (Fsp3) is 0.667. The minimum atomic E-state index is 0.116. The zero-order valence-corrected chi connectivity index (χ0v) is 11.3. The van der Waals surface area contributed by atoms with Crippen LogP contribution in [-0.4, -0.2) is 37.1 Å². The predicted molar refractivity (Wildman–Crippen MR) is 69.2 cm³/mol. The standard InChI is InChI=1S/C12H18N2O2S/c1-8(2)10-11(9(3)15)17-12(13-10)14-4-6-16-7-5-14/h8H,4-7H2,1-3H3. The number of ketones is 1. The molecular formula is C12H18N2O2S. The van der Waals surface area contributed by atoms with E-state index in [2.05, 4.69) is 23.7 Å².